The highest BCUT2D eigenvalue weighted by atomic mass is 16.5. The Bertz CT molecular complexity index is 162. The van der Waals surface area contributed by atoms with E-state index >= 15 is 0 Å². The molecule has 68 valence electrons. The second-order valence-corrected chi connectivity index (χ2v) is 2.89. The van der Waals surface area contributed by atoms with Gasteiger partial charge in [0.25, 0.3) is 0 Å². The number of aliphatic hydroxyl groups is 1. The molecule has 1 aliphatic rings. The summed E-state index contributed by atoms with van der Waals surface area (Å²) in [6.07, 6.45) is 6.17. The standard InChI is InChI=1S/C9H14O3/c1-2-4-11-7-9-6-8(10)3-5-12-9/h1,8-10H,3-7H2/t8-,9+/m0/s1. The van der Waals surface area contributed by atoms with Crippen molar-refractivity contribution >= 4 is 0 Å². The van der Waals surface area contributed by atoms with Crippen LogP contribution < -0.4 is 0 Å². The van der Waals surface area contributed by atoms with Crippen LogP contribution in [-0.2, 0) is 9.47 Å². The zero-order chi connectivity index (χ0) is 8.81. The number of aliphatic hydroxyl groups excluding tert-OH is 1. The van der Waals surface area contributed by atoms with Gasteiger partial charge in [0.2, 0.25) is 0 Å². The quantitative estimate of drug-likeness (QED) is 0.485. The first kappa shape index (κ1) is 9.53. The van der Waals surface area contributed by atoms with Gasteiger partial charge in [-0.05, 0) is 6.42 Å². The Balaban J connectivity index is 2.11. The zero-order valence-corrected chi connectivity index (χ0v) is 7.03. The third kappa shape index (κ3) is 3.22. The predicted octanol–water partition coefficient (Wildman–Crippen LogP) is 0.176. The van der Waals surface area contributed by atoms with Crippen LogP contribution in [0.3, 0.4) is 0 Å². The fraction of sp³-hybridized carbons (Fsp3) is 0.778. The zero-order valence-electron chi connectivity index (χ0n) is 7.03. The molecule has 3 nitrogen and oxygen atoms in total. The Morgan fingerprint density at radius 1 is 1.67 bits per heavy atom. The number of ether oxygens (including phenoxy) is 2. The lowest BCUT2D eigenvalue weighted by molar-refractivity contribution is -0.0747. The van der Waals surface area contributed by atoms with E-state index in [1.54, 1.807) is 0 Å². The van der Waals surface area contributed by atoms with E-state index < -0.39 is 0 Å². The summed E-state index contributed by atoms with van der Waals surface area (Å²) in [6, 6.07) is 0. The van der Waals surface area contributed by atoms with Gasteiger partial charge in [-0.1, -0.05) is 5.92 Å². The van der Waals surface area contributed by atoms with Gasteiger partial charge in [-0.3, -0.25) is 0 Å². The molecule has 1 aliphatic heterocycles. The Kier molecular flexibility index (Phi) is 4.09. The molecule has 1 heterocycles. The molecule has 0 spiro atoms. The second kappa shape index (κ2) is 5.15. The van der Waals surface area contributed by atoms with Gasteiger partial charge in [0.1, 0.15) is 6.61 Å². The highest BCUT2D eigenvalue weighted by Gasteiger charge is 2.20. The van der Waals surface area contributed by atoms with Crippen molar-refractivity contribution in [3.8, 4) is 12.3 Å². The Morgan fingerprint density at radius 3 is 3.17 bits per heavy atom. The van der Waals surface area contributed by atoms with Crippen molar-refractivity contribution < 1.29 is 14.6 Å². The SMILES string of the molecule is C#CCOC[C@H]1C[C@@H](O)CCO1. The lowest BCUT2D eigenvalue weighted by atomic mass is 10.1. The van der Waals surface area contributed by atoms with E-state index in [0.29, 0.717) is 26.2 Å². The monoisotopic (exact) mass is 170 g/mol. The van der Waals surface area contributed by atoms with Crippen molar-refractivity contribution in [3.63, 3.8) is 0 Å². The molecule has 0 radical (unpaired) electrons. The van der Waals surface area contributed by atoms with Crippen LogP contribution >= 0.6 is 0 Å². The van der Waals surface area contributed by atoms with E-state index in [0.717, 1.165) is 6.42 Å². The normalized spacial score (nSPS) is 29.7. The molecular weight excluding hydrogens is 156 g/mol. The van der Waals surface area contributed by atoms with Gasteiger partial charge in [0.15, 0.2) is 0 Å². The smallest absolute Gasteiger partial charge is 0.107 e. The average Bonchev–Trinajstić information content (AvgIpc) is 2.05. The average molecular weight is 170 g/mol. The van der Waals surface area contributed by atoms with Gasteiger partial charge in [0, 0.05) is 13.0 Å². The lowest BCUT2D eigenvalue weighted by Gasteiger charge is -2.25. The van der Waals surface area contributed by atoms with E-state index in [9.17, 15) is 5.11 Å². The van der Waals surface area contributed by atoms with Crippen molar-refractivity contribution in [2.24, 2.45) is 0 Å². The van der Waals surface area contributed by atoms with Gasteiger partial charge in [-0.25, -0.2) is 0 Å². The van der Waals surface area contributed by atoms with E-state index in [4.69, 9.17) is 15.9 Å². The number of hydrogen-bond donors (Lipinski definition) is 1. The van der Waals surface area contributed by atoms with Crippen molar-refractivity contribution in [3.05, 3.63) is 0 Å². The molecular formula is C9H14O3. The maximum atomic E-state index is 9.26. The minimum atomic E-state index is -0.238. The van der Waals surface area contributed by atoms with Crippen molar-refractivity contribution in [2.75, 3.05) is 19.8 Å². The summed E-state index contributed by atoms with van der Waals surface area (Å²) in [5.41, 5.74) is 0. The molecule has 0 aromatic heterocycles. The molecule has 1 saturated heterocycles. The van der Waals surface area contributed by atoms with Crippen molar-refractivity contribution in [1.29, 1.82) is 0 Å². The Morgan fingerprint density at radius 2 is 2.50 bits per heavy atom. The first-order chi connectivity index (χ1) is 5.83. The van der Waals surface area contributed by atoms with Crippen LogP contribution in [0.2, 0.25) is 0 Å². The maximum absolute atomic E-state index is 9.26. The van der Waals surface area contributed by atoms with Crippen molar-refractivity contribution in [1.82, 2.24) is 0 Å². The second-order valence-electron chi connectivity index (χ2n) is 2.89. The minimum absolute atomic E-state index is 0.0158. The maximum Gasteiger partial charge on any atom is 0.107 e. The first-order valence-electron chi connectivity index (χ1n) is 4.14. The van der Waals surface area contributed by atoms with Crippen LogP contribution in [0.5, 0.6) is 0 Å². The third-order valence-electron chi connectivity index (χ3n) is 1.83. The van der Waals surface area contributed by atoms with E-state index in [-0.39, 0.29) is 12.2 Å². The molecule has 0 bridgehead atoms. The van der Waals surface area contributed by atoms with E-state index in [2.05, 4.69) is 5.92 Å². The molecule has 0 aliphatic carbocycles. The molecule has 0 saturated carbocycles. The first-order valence-corrected chi connectivity index (χ1v) is 4.14. The summed E-state index contributed by atoms with van der Waals surface area (Å²) in [4.78, 5) is 0. The fourth-order valence-electron chi connectivity index (χ4n) is 1.23. The summed E-state index contributed by atoms with van der Waals surface area (Å²) in [5, 5.41) is 9.26. The lowest BCUT2D eigenvalue weighted by Crippen LogP contribution is -2.32. The van der Waals surface area contributed by atoms with Crippen LogP contribution in [-0.4, -0.2) is 37.1 Å². The number of terminal acetylenes is 1. The van der Waals surface area contributed by atoms with Gasteiger partial charge >= 0.3 is 0 Å². The van der Waals surface area contributed by atoms with Gasteiger partial charge < -0.3 is 14.6 Å². The highest BCUT2D eigenvalue weighted by molar-refractivity contribution is 4.83. The summed E-state index contributed by atoms with van der Waals surface area (Å²) in [5.74, 6) is 2.38. The van der Waals surface area contributed by atoms with Crippen LogP contribution in [0.4, 0.5) is 0 Å². The molecule has 0 aromatic carbocycles. The van der Waals surface area contributed by atoms with Crippen LogP contribution in [0.15, 0.2) is 0 Å². The molecule has 12 heavy (non-hydrogen) atoms. The van der Waals surface area contributed by atoms with Crippen LogP contribution in [0, 0.1) is 12.3 Å². The number of rotatable bonds is 3. The molecule has 3 heteroatoms. The van der Waals surface area contributed by atoms with Gasteiger partial charge in [0.05, 0.1) is 18.8 Å². The summed E-state index contributed by atoms with van der Waals surface area (Å²) in [6.45, 7) is 1.42. The summed E-state index contributed by atoms with van der Waals surface area (Å²) in [7, 11) is 0. The van der Waals surface area contributed by atoms with Gasteiger partial charge in [-0.2, -0.15) is 0 Å². The van der Waals surface area contributed by atoms with Crippen LogP contribution in [0.1, 0.15) is 12.8 Å². The molecule has 1 fully saturated rings. The largest absolute Gasteiger partial charge is 0.393 e. The topological polar surface area (TPSA) is 38.7 Å². The minimum Gasteiger partial charge on any atom is -0.393 e. The Hall–Kier alpha value is -0.560. The summed E-state index contributed by atoms with van der Waals surface area (Å²) < 4.78 is 10.4. The molecule has 0 aromatic rings. The fourth-order valence-corrected chi connectivity index (χ4v) is 1.23. The van der Waals surface area contributed by atoms with Gasteiger partial charge in [-0.15, -0.1) is 6.42 Å². The molecule has 2 atom stereocenters. The van der Waals surface area contributed by atoms with E-state index in [1.165, 1.54) is 0 Å². The summed E-state index contributed by atoms with van der Waals surface area (Å²) >= 11 is 0. The Labute approximate surface area is 72.7 Å². The predicted molar refractivity (Wildman–Crippen MR) is 44.6 cm³/mol. The highest BCUT2D eigenvalue weighted by Crippen LogP contribution is 2.13. The molecule has 1 rings (SSSR count). The molecule has 0 amide bonds. The van der Waals surface area contributed by atoms with Crippen LogP contribution in [0.25, 0.3) is 0 Å². The van der Waals surface area contributed by atoms with E-state index in [1.807, 2.05) is 0 Å². The third-order valence-corrected chi connectivity index (χ3v) is 1.83. The molecule has 1 N–H and O–H groups in total. The number of hydrogen-bond acceptors (Lipinski definition) is 3. The van der Waals surface area contributed by atoms with Crippen molar-refractivity contribution in [2.45, 2.75) is 25.0 Å². The molecule has 0 unspecified atom stereocenters.